The van der Waals surface area contributed by atoms with Crippen LogP contribution < -0.4 is 5.32 Å². The van der Waals surface area contributed by atoms with Crippen molar-refractivity contribution in [1.29, 1.82) is 0 Å². The van der Waals surface area contributed by atoms with Crippen LogP contribution in [0.5, 0.6) is 0 Å². The lowest BCUT2D eigenvalue weighted by Gasteiger charge is -2.39. The van der Waals surface area contributed by atoms with Crippen LogP contribution in [0.3, 0.4) is 0 Å². The minimum absolute atomic E-state index is 0.100. The summed E-state index contributed by atoms with van der Waals surface area (Å²) in [6.07, 6.45) is 8.07. The first-order chi connectivity index (χ1) is 7.00. The Morgan fingerprint density at radius 1 is 1.53 bits per heavy atom. The number of methoxy groups -OCH3 is 1. The van der Waals surface area contributed by atoms with Gasteiger partial charge in [-0.05, 0) is 18.3 Å². The summed E-state index contributed by atoms with van der Waals surface area (Å²) in [4.78, 5) is 11.9. The molecule has 3 heteroatoms. The third-order valence-corrected chi connectivity index (χ3v) is 3.53. The molecule has 0 spiro atoms. The Morgan fingerprint density at radius 3 is 2.60 bits per heavy atom. The van der Waals surface area contributed by atoms with Gasteiger partial charge in [0.15, 0.2) is 0 Å². The average Bonchev–Trinajstić information content (AvgIpc) is 2.50. The van der Waals surface area contributed by atoms with Gasteiger partial charge in [-0.25, -0.2) is 0 Å². The van der Waals surface area contributed by atoms with Crippen molar-refractivity contribution in [2.45, 2.75) is 38.6 Å². The van der Waals surface area contributed by atoms with Crippen molar-refractivity contribution >= 4 is 5.97 Å². The maximum absolute atomic E-state index is 11.9. The van der Waals surface area contributed by atoms with Crippen LogP contribution in [-0.2, 0) is 9.53 Å². The molecule has 1 N–H and O–H groups in total. The molecule has 1 atom stereocenters. The van der Waals surface area contributed by atoms with E-state index >= 15 is 0 Å². The van der Waals surface area contributed by atoms with Crippen LogP contribution in [-0.4, -0.2) is 25.2 Å². The Kier molecular flexibility index (Phi) is 3.41. The van der Waals surface area contributed by atoms with Crippen molar-refractivity contribution in [1.82, 2.24) is 5.32 Å². The van der Waals surface area contributed by atoms with Crippen LogP contribution in [0.2, 0.25) is 0 Å². The van der Waals surface area contributed by atoms with Crippen LogP contribution in [0, 0.1) is 17.8 Å². The zero-order valence-corrected chi connectivity index (χ0v) is 9.72. The van der Waals surface area contributed by atoms with Crippen LogP contribution in [0.15, 0.2) is 0 Å². The number of nitrogens with one attached hydrogen (secondary N) is 1. The number of esters is 1. The Labute approximate surface area is 91.6 Å². The largest absolute Gasteiger partial charge is 0.468 e. The minimum atomic E-state index is -0.603. The van der Waals surface area contributed by atoms with Crippen molar-refractivity contribution in [3.05, 3.63) is 0 Å². The molecule has 0 saturated heterocycles. The molecule has 0 radical (unpaired) electrons. The molecular weight excluding hydrogens is 190 g/mol. The summed E-state index contributed by atoms with van der Waals surface area (Å²) < 4.78 is 4.90. The maximum Gasteiger partial charge on any atom is 0.326 e. The van der Waals surface area contributed by atoms with E-state index in [1.165, 1.54) is 7.11 Å². The Hall–Kier alpha value is -1.01. The number of rotatable bonds is 3. The second-order valence-electron chi connectivity index (χ2n) is 4.69. The summed E-state index contributed by atoms with van der Waals surface area (Å²) in [6.45, 7) is 4.57. The van der Waals surface area contributed by atoms with E-state index in [4.69, 9.17) is 11.2 Å². The number of ether oxygens (including phenoxy) is 1. The van der Waals surface area contributed by atoms with Crippen molar-refractivity contribution in [3.63, 3.8) is 0 Å². The molecule has 1 fully saturated rings. The van der Waals surface area contributed by atoms with Gasteiger partial charge in [-0.2, -0.15) is 0 Å². The second-order valence-corrected chi connectivity index (χ2v) is 4.69. The van der Waals surface area contributed by atoms with Gasteiger partial charge >= 0.3 is 5.97 Å². The van der Waals surface area contributed by atoms with Gasteiger partial charge in [0, 0.05) is 0 Å². The van der Waals surface area contributed by atoms with E-state index in [0.29, 0.717) is 6.54 Å². The number of carbonyl (C=O) groups excluding carboxylic acids is 1. The van der Waals surface area contributed by atoms with Gasteiger partial charge < -0.3 is 4.74 Å². The fourth-order valence-corrected chi connectivity index (χ4v) is 2.50. The van der Waals surface area contributed by atoms with Crippen LogP contribution in [0.25, 0.3) is 0 Å². The molecule has 0 aromatic rings. The lowest BCUT2D eigenvalue weighted by Crippen LogP contribution is -2.59. The molecule has 0 amide bonds. The molecule has 1 aliphatic carbocycles. The molecule has 3 nitrogen and oxygen atoms in total. The molecule has 1 rings (SSSR count). The fraction of sp³-hybridized carbons (Fsp3) is 0.750. The van der Waals surface area contributed by atoms with E-state index < -0.39 is 5.54 Å². The van der Waals surface area contributed by atoms with E-state index in [1.54, 1.807) is 0 Å². The normalized spacial score (nSPS) is 28.4. The summed E-state index contributed by atoms with van der Waals surface area (Å²) in [5.74, 6) is 2.32. The van der Waals surface area contributed by atoms with Gasteiger partial charge in [0.1, 0.15) is 5.54 Å². The number of carbonyl (C=O) groups is 1. The molecule has 0 bridgehead atoms. The first-order valence-corrected chi connectivity index (χ1v) is 5.27. The molecule has 1 aliphatic rings. The molecule has 0 aromatic heterocycles. The van der Waals surface area contributed by atoms with E-state index in [0.717, 1.165) is 19.3 Å². The zero-order chi connectivity index (χ0) is 11.5. The summed E-state index contributed by atoms with van der Waals surface area (Å²) in [6, 6.07) is 0. The molecule has 1 saturated carbocycles. The van der Waals surface area contributed by atoms with Crippen LogP contribution in [0.1, 0.15) is 33.1 Å². The van der Waals surface area contributed by atoms with E-state index in [-0.39, 0.29) is 11.4 Å². The predicted octanol–water partition coefficient (Wildman–Crippen LogP) is 1.33. The van der Waals surface area contributed by atoms with Gasteiger partial charge in [-0.15, -0.1) is 6.42 Å². The monoisotopic (exact) mass is 209 g/mol. The Balaban J connectivity index is 2.96. The molecule has 0 heterocycles. The SMILES string of the molecule is C#CCNC1(C(=O)OC)CCCC1(C)C. The van der Waals surface area contributed by atoms with Gasteiger partial charge in [-0.1, -0.05) is 26.2 Å². The van der Waals surface area contributed by atoms with E-state index in [9.17, 15) is 4.79 Å². The van der Waals surface area contributed by atoms with Gasteiger partial charge in [0.25, 0.3) is 0 Å². The first-order valence-electron chi connectivity index (χ1n) is 5.27. The molecule has 0 aromatic carbocycles. The van der Waals surface area contributed by atoms with Crippen molar-refractivity contribution in [2.75, 3.05) is 13.7 Å². The fourth-order valence-electron chi connectivity index (χ4n) is 2.50. The van der Waals surface area contributed by atoms with E-state index in [1.807, 2.05) is 0 Å². The molecule has 0 aliphatic heterocycles. The van der Waals surface area contributed by atoms with Gasteiger partial charge in [0.05, 0.1) is 13.7 Å². The quantitative estimate of drug-likeness (QED) is 0.563. The van der Waals surface area contributed by atoms with Crippen LogP contribution >= 0.6 is 0 Å². The summed E-state index contributed by atoms with van der Waals surface area (Å²) in [7, 11) is 1.43. The average molecular weight is 209 g/mol. The highest BCUT2D eigenvalue weighted by atomic mass is 16.5. The smallest absolute Gasteiger partial charge is 0.326 e. The molecule has 15 heavy (non-hydrogen) atoms. The summed E-state index contributed by atoms with van der Waals surface area (Å²) in [5, 5.41) is 3.18. The first kappa shape index (κ1) is 12.1. The van der Waals surface area contributed by atoms with Crippen molar-refractivity contribution in [2.24, 2.45) is 5.41 Å². The Bertz CT molecular complexity index is 290. The molecular formula is C12H19NO2. The molecule has 1 unspecified atom stereocenters. The van der Waals surface area contributed by atoms with Crippen molar-refractivity contribution < 1.29 is 9.53 Å². The van der Waals surface area contributed by atoms with Gasteiger partial charge in [0.2, 0.25) is 0 Å². The topological polar surface area (TPSA) is 38.3 Å². The molecule has 84 valence electrons. The maximum atomic E-state index is 11.9. The lowest BCUT2D eigenvalue weighted by molar-refractivity contribution is -0.152. The minimum Gasteiger partial charge on any atom is -0.468 e. The van der Waals surface area contributed by atoms with E-state index in [2.05, 4.69) is 25.1 Å². The third kappa shape index (κ3) is 1.87. The number of hydrogen-bond acceptors (Lipinski definition) is 3. The lowest BCUT2D eigenvalue weighted by atomic mass is 9.75. The second kappa shape index (κ2) is 4.24. The number of terminal acetylenes is 1. The Morgan fingerprint density at radius 2 is 2.20 bits per heavy atom. The highest BCUT2D eigenvalue weighted by Crippen LogP contribution is 2.46. The number of hydrogen-bond donors (Lipinski definition) is 1. The summed E-state index contributed by atoms with van der Waals surface area (Å²) in [5.41, 5.74) is -0.703. The highest BCUT2D eigenvalue weighted by Gasteiger charge is 2.54. The highest BCUT2D eigenvalue weighted by molar-refractivity contribution is 5.82. The predicted molar refractivity (Wildman–Crippen MR) is 59.2 cm³/mol. The summed E-state index contributed by atoms with van der Waals surface area (Å²) >= 11 is 0. The standard InChI is InChI=1S/C12H19NO2/c1-5-9-13-12(10(14)15-4)8-6-7-11(12,2)3/h1,13H,6-9H2,2-4H3. The van der Waals surface area contributed by atoms with Crippen molar-refractivity contribution in [3.8, 4) is 12.3 Å². The van der Waals surface area contributed by atoms with Gasteiger partial charge in [-0.3, -0.25) is 10.1 Å². The zero-order valence-electron chi connectivity index (χ0n) is 9.72. The third-order valence-electron chi connectivity index (χ3n) is 3.53. The van der Waals surface area contributed by atoms with Crippen LogP contribution in [0.4, 0.5) is 0 Å².